The van der Waals surface area contributed by atoms with Crippen LogP contribution in [0.2, 0.25) is 0 Å². The number of allylic oxidation sites excluding steroid dienone is 8. The third-order valence-corrected chi connectivity index (χ3v) is 10.5. The molecule has 0 bridgehead atoms. The summed E-state index contributed by atoms with van der Waals surface area (Å²) >= 11 is 0. The van der Waals surface area contributed by atoms with E-state index in [0.717, 1.165) is 109 Å². The number of hydrogen-bond donors (Lipinski definition) is 0. The largest absolute Gasteiger partial charge is 0.462 e. The van der Waals surface area contributed by atoms with Gasteiger partial charge in [0.05, 0.1) is 0 Å². The van der Waals surface area contributed by atoms with Gasteiger partial charge in [-0.3, -0.25) is 14.4 Å². The molecule has 0 saturated carbocycles. The van der Waals surface area contributed by atoms with Gasteiger partial charge < -0.3 is 14.2 Å². The number of rotatable bonds is 44. The fourth-order valence-corrected chi connectivity index (χ4v) is 6.80. The van der Waals surface area contributed by atoms with Gasteiger partial charge in [-0.1, -0.05) is 198 Å². The molecule has 58 heavy (non-hydrogen) atoms. The third-order valence-electron chi connectivity index (χ3n) is 10.5. The van der Waals surface area contributed by atoms with Crippen LogP contribution in [0.15, 0.2) is 48.6 Å². The zero-order valence-corrected chi connectivity index (χ0v) is 38.3. The Morgan fingerprint density at radius 2 is 0.655 bits per heavy atom. The zero-order valence-electron chi connectivity index (χ0n) is 38.3. The maximum Gasteiger partial charge on any atom is 0.306 e. The molecule has 0 radical (unpaired) electrons. The van der Waals surface area contributed by atoms with E-state index in [-0.39, 0.29) is 31.1 Å². The number of unbranched alkanes of at least 4 members (excludes halogenated alkanes) is 25. The quantitative estimate of drug-likeness (QED) is 0.0264. The fourth-order valence-electron chi connectivity index (χ4n) is 6.80. The molecule has 0 aliphatic heterocycles. The van der Waals surface area contributed by atoms with Crippen molar-refractivity contribution in [3.05, 3.63) is 48.6 Å². The molecule has 0 N–H and O–H groups in total. The highest BCUT2D eigenvalue weighted by atomic mass is 16.6. The summed E-state index contributed by atoms with van der Waals surface area (Å²) in [6, 6.07) is 0. The van der Waals surface area contributed by atoms with E-state index in [0.29, 0.717) is 19.3 Å². The normalized spacial score (nSPS) is 12.4. The molecule has 6 nitrogen and oxygen atoms in total. The second kappa shape index (κ2) is 47.1. The van der Waals surface area contributed by atoms with Gasteiger partial charge in [0.15, 0.2) is 6.10 Å². The lowest BCUT2D eigenvalue weighted by atomic mass is 10.1. The lowest BCUT2D eigenvalue weighted by molar-refractivity contribution is -0.167. The van der Waals surface area contributed by atoms with Gasteiger partial charge in [-0.05, 0) is 77.0 Å². The number of esters is 3. The van der Waals surface area contributed by atoms with Gasteiger partial charge in [0, 0.05) is 19.3 Å². The van der Waals surface area contributed by atoms with Crippen LogP contribution in [0, 0.1) is 0 Å². The second-order valence-corrected chi connectivity index (χ2v) is 16.4. The van der Waals surface area contributed by atoms with Crippen molar-refractivity contribution in [1.29, 1.82) is 0 Å². The standard InChI is InChI=1S/C52H92O6/c1-4-7-10-13-16-19-22-24-25-26-28-30-33-36-39-42-45-51(54)57-48-49(47-56-50(53)44-41-38-35-32-29-21-18-15-12-9-6-3)58-52(55)46-43-40-37-34-31-27-23-20-17-14-11-8-5-2/h11,14,19-20,22-23,25-26,49H,4-10,12-13,15-18,21,24,27-48H2,1-3H3/b14-11-,22-19-,23-20-,26-25-. The zero-order chi connectivity index (χ0) is 42.3. The number of carbonyl (C=O) groups excluding carboxylic acids is 3. The molecule has 1 unspecified atom stereocenters. The molecule has 0 aromatic rings. The minimum absolute atomic E-state index is 0.0818. The van der Waals surface area contributed by atoms with Crippen LogP contribution in [0.1, 0.15) is 245 Å². The van der Waals surface area contributed by atoms with Crippen LogP contribution in [0.4, 0.5) is 0 Å². The van der Waals surface area contributed by atoms with E-state index < -0.39 is 6.10 Å². The van der Waals surface area contributed by atoms with E-state index in [4.69, 9.17) is 14.2 Å². The van der Waals surface area contributed by atoms with E-state index in [1.54, 1.807) is 0 Å². The van der Waals surface area contributed by atoms with Crippen LogP contribution in [-0.4, -0.2) is 37.2 Å². The topological polar surface area (TPSA) is 78.9 Å². The van der Waals surface area contributed by atoms with Crippen molar-refractivity contribution in [2.75, 3.05) is 13.2 Å². The van der Waals surface area contributed by atoms with E-state index in [9.17, 15) is 14.4 Å². The van der Waals surface area contributed by atoms with Gasteiger partial charge in [-0.25, -0.2) is 0 Å². The Hall–Kier alpha value is -2.63. The summed E-state index contributed by atoms with van der Waals surface area (Å²) in [6.07, 6.45) is 55.1. The van der Waals surface area contributed by atoms with E-state index in [1.165, 1.54) is 96.3 Å². The summed E-state index contributed by atoms with van der Waals surface area (Å²) in [6.45, 7) is 6.53. The first kappa shape index (κ1) is 55.4. The maximum atomic E-state index is 12.7. The Bertz CT molecular complexity index is 1030. The predicted octanol–water partition coefficient (Wildman–Crippen LogP) is 15.9. The van der Waals surface area contributed by atoms with Gasteiger partial charge in [0.25, 0.3) is 0 Å². The molecule has 0 aliphatic carbocycles. The van der Waals surface area contributed by atoms with E-state index >= 15 is 0 Å². The van der Waals surface area contributed by atoms with Crippen molar-refractivity contribution < 1.29 is 28.6 Å². The first-order chi connectivity index (χ1) is 28.5. The predicted molar refractivity (Wildman–Crippen MR) is 247 cm³/mol. The van der Waals surface area contributed by atoms with Crippen LogP contribution in [0.5, 0.6) is 0 Å². The summed E-state index contributed by atoms with van der Waals surface area (Å²) < 4.78 is 16.7. The molecule has 0 aromatic carbocycles. The molecular formula is C52H92O6. The Labute approximate surface area is 358 Å². The molecule has 0 aliphatic rings. The van der Waals surface area contributed by atoms with Gasteiger partial charge >= 0.3 is 17.9 Å². The highest BCUT2D eigenvalue weighted by Gasteiger charge is 2.19. The van der Waals surface area contributed by atoms with Crippen molar-refractivity contribution in [3.63, 3.8) is 0 Å². The summed E-state index contributed by atoms with van der Waals surface area (Å²) in [5, 5.41) is 0. The van der Waals surface area contributed by atoms with E-state index in [2.05, 4.69) is 69.4 Å². The van der Waals surface area contributed by atoms with Crippen LogP contribution < -0.4 is 0 Å². The molecule has 0 amide bonds. The first-order valence-corrected chi connectivity index (χ1v) is 24.6. The minimum Gasteiger partial charge on any atom is -0.462 e. The summed E-state index contributed by atoms with van der Waals surface area (Å²) in [5.74, 6) is -0.908. The van der Waals surface area contributed by atoms with Crippen molar-refractivity contribution in [2.24, 2.45) is 0 Å². The Morgan fingerprint density at radius 3 is 1.03 bits per heavy atom. The lowest BCUT2D eigenvalue weighted by Gasteiger charge is -2.18. The molecule has 0 heterocycles. The SMILES string of the molecule is CCC/C=C\C/C=C\CCCCCCCC(=O)OC(COC(=O)CCCCCCC/C=C\C/C=C\CCCCCC)COC(=O)CCCCCCCCCCCCC. The molecule has 0 spiro atoms. The third kappa shape index (κ3) is 44.5. The van der Waals surface area contributed by atoms with Crippen LogP contribution in [0.25, 0.3) is 0 Å². The summed E-state index contributed by atoms with van der Waals surface area (Å²) in [7, 11) is 0. The number of ether oxygens (including phenoxy) is 3. The molecule has 0 saturated heterocycles. The number of carbonyl (C=O) groups is 3. The summed E-state index contributed by atoms with van der Waals surface area (Å²) in [4.78, 5) is 37.8. The average Bonchev–Trinajstić information content (AvgIpc) is 3.22. The van der Waals surface area contributed by atoms with Crippen LogP contribution in [-0.2, 0) is 28.6 Å². The molecule has 6 heteroatoms. The fraction of sp³-hybridized carbons (Fsp3) is 0.788. The highest BCUT2D eigenvalue weighted by molar-refractivity contribution is 5.71. The number of hydrogen-bond acceptors (Lipinski definition) is 6. The molecule has 336 valence electrons. The van der Waals surface area contributed by atoms with Crippen molar-refractivity contribution in [3.8, 4) is 0 Å². The smallest absolute Gasteiger partial charge is 0.306 e. The highest BCUT2D eigenvalue weighted by Crippen LogP contribution is 2.14. The lowest BCUT2D eigenvalue weighted by Crippen LogP contribution is -2.30. The van der Waals surface area contributed by atoms with Crippen LogP contribution in [0.3, 0.4) is 0 Å². The van der Waals surface area contributed by atoms with Gasteiger partial charge in [0.1, 0.15) is 13.2 Å². The van der Waals surface area contributed by atoms with Gasteiger partial charge in [0.2, 0.25) is 0 Å². The minimum atomic E-state index is -0.782. The first-order valence-electron chi connectivity index (χ1n) is 24.6. The molecule has 0 fully saturated rings. The van der Waals surface area contributed by atoms with Crippen LogP contribution >= 0.6 is 0 Å². The van der Waals surface area contributed by atoms with Crippen molar-refractivity contribution >= 4 is 17.9 Å². The van der Waals surface area contributed by atoms with E-state index in [1.807, 2.05) is 0 Å². The Kier molecular flexibility index (Phi) is 44.9. The Morgan fingerprint density at radius 1 is 0.345 bits per heavy atom. The average molecular weight is 813 g/mol. The van der Waals surface area contributed by atoms with Crippen molar-refractivity contribution in [1.82, 2.24) is 0 Å². The monoisotopic (exact) mass is 813 g/mol. The second-order valence-electron chi connectivity index (χ2n) is 16.4. The van der Waals surface area contributed by atoms with Gasteiger partial charge in [-0.15, -0.1) is 0 Å². The Balaban J connectivity index is 4.40. The summed E-state index contributed by atoms with van der Waals surface area (Å²) in [5.41, 5.74) is 0. The maximum absolute atomic E-state index is 12.7. The van der Waals surface area contributed by atoms with Gasteiger partial charge in [-0.2, -0.15) is 0 Å². The molecule has 0 rings (SSSR count). The molecule has 1 atom stereocenters. The van der Waals surface area contributed by atoms with Crippen molar-refractivity contribution in [2.45, 2.75) is 252 Å². The molecule has 0 aromatic heterocycles. The molecular weight excluding hydrogens is 721 g/mol.